The van der Waals surface area contributed by atoms with Gasteiger partial charge in [0.15, 0.2) is 5.41 Å². The molecular formula is C19H18N5O+. The number of nitriles is 3. The molecule has 0 aromatic heterocycles. The van der Waals surface area contributed by atoms with E-state index in [1.807, 2.05) is 25.3 Å². The molecule has 0 bridgehead atoms. The highest BCUT2D eigenvalue weighted by molar-refractivity contribution is 6.00. The Morgan fingerprint density at radius 2 is 2.00 bits per heavy atom. The normalized spacial score (nSPS) is 30.2. The van der Waals surface area contributed by atoms with Crippen molar-refractivity contribution < 1.29 is 10.0 Å². The molecule has 2 aliphatic rings. The van der Waals surface area contributed by atoms with E-state index in [2.05, 4.69) is 6.07 Å². The Hall–Kier alpha value is -3.14. The highest BCUT2D eigenvalue weighted by Crippen LogP contribution is 2.52. The van der Waals surface area contributed by atoms with Crippen LogP contribution in [0.3, 0.4) is 0 Å². The second-order valence-electron chi connectivity index (χ2n) is 6.76. The fourth-order valence-corrected chi connectivity index (χ4v) is 4.15. The number of phenolic OH excluding ortho intramolecular Hbond substituents is 1. The predicted octanol–water partition coefficient (Wildman–Crippen LogP) is 0.753. The zero-order valence-corrected chi connectivity index (χ0v) is 13.8. The Labute approximate surface area is 146 Å². The molecular weight excluding hydrogens is 314 g/mol. The number of likely N-dealkylation sites (N-methyl/N-ethyl adjacent to an activating group) is 1. The Kier molecular flexibility index (Phi) is 4.05. The minimum Gasteiger partial charge on any atom is -0.508 e. The first-order chi connectivity index (χ1) is 12.0. The van der Waals surface area contributed by atoms with E-state index in [1.54, 1.807) is 18.2 Å². The fraction of sp³-hybridized carbons (Fsp3) is 0.368. The molecule has 0 saturated heterocycles. The summed E-state index contributed by atoms with van der Waals surface area (Å²) in [6, 6.07) is 12.7. The lowest BCUT2D eigenvalue weighted by molar-refractivity contribution is -0.878. The summed E-state index contributed by atoms with van der Waals surface area (Å²) in [5.74, 6) is -1.58. The van der Waals surface area contributed by atoms with Gasteiger partial charge in [-0.25, -0.2) is 0 Å². The van der Waals surface area contributed by atoms with Gasteiger partial charge < -0.3 is 15.4 Å². The number of quaternary nitrogens is 1. The molecule has 6 nitrogen and oxygen atoms in total. The molecule has 124 valence electrons. The summed E-state index contributed by atoms with van der Waals surface area (Å²) >= 11 is 0. The van der Waals surface area contributed by atoms with Crippen molar-refractivity contribution >= 4 is 5.71 Å². The molecule has 3 N–H and O–H groups in total. The summed E-state index contributed by atoms with van der Waals surface area (Å²) in [4.78, 5) is 1.22. The molecule has 1 aromatic carbocycles. The van der Waals surface area contributed by atoms with Crippen LogP contribution in [0.15, 0.2) is 35.9 Å². The Bertz CT molecular complexity index is 868. The van der Waals surface area contributed by atoms with E-state index in [0.29, 0.717) is 12.1 Å². The second-order valence-corrected chi connectivity index (χ2v) is 6.76. The number of phenols is 1. The van der Waals surface area contributed by atoms with Gasteiger partial charge in [0, 0.05) is 11.8 Å². The first kappa shape index (κ1) is 16.7. The highest BCUT2D eigenvalue weighted by atomic mass is 16.3. The van der Waals surface area contributed by atoms with Gasteiger partial charge >= 0.3 is 0 Å². The van der Waals surface area contributed by atoms with Crippen LogP contribution in [0, 0.1) is 56.7 Å². The molecule has 4 atom stereocenters. The van der Waals surface area contributed by atoms with Crippen LogP contribution in [0.2, 0.25) is 0 Å². The van der Waals surface area contributed by atoms with Crippen molar-refractivity contribution in [3.63, 3.8) is 0 Å². The second kappa shape index (κ2) is 6.06. The van der Waals surface area contributed by atoms with E-state index >= 15 is 0 Å². The van der Waals surface area contributed by atoms with Gasteiger partial charge in [-0.15, -0.1) is 0 Å². The Morgan fingerprint density at radius 1 is 1.28 bits per heavy atom. The van der Waals surface area contributed by atoms with Crippen molar-refractivity contribution in [1.29, 1.82) is 21.2 Å². The molecule has 1 saturated carbocycles. The standard InChI is InChI=1S/C19H17N5O/c1-24-6-5-14-15(8-20)18(23)19(10-21,11-22)17(16(14)9-24)12-3-2-4-13(25)7-12/h2-5,7,15-17,23,25H,6,9H2,1H3/p+1/t15?,16-,17+/m1/s1. The third-order valence-electron chi connectivity index (χ3n) is 5.31. The molecule has 0 radical (unpaired) electrons. The number of hydrogen-bond donors (Lipinski definition) is 3. The number of benzene rings is 1. The molecule has 0 amide bonds. The maximum atomic E-state index is 9.88. The molecule has 1 aromatic rings. The summed E-state index contributed by atoms with van der Waals surface area (Å²) in [5.41, 5.74) is -0.397. The van der Waals surface area contributed by atoms with Crippen molar-refractivity contribution in [3.05, 3.63) is 41.5 Å². The maximum absolute atomic E-state index is 9.88. The maximum Gasteiger partial charge on any atom is 0.189 e. The van der Waals surface area contributed by atoms with E-state index in [1.165, 1.54) is 11.0 Å². The average Bonchev–Trinajstić information content (AvgIpc) is 2.61. The van der Waals surface area contributed by atoms with Gasteiger partial charge in [0.2, 0.25) is 0 Å². The molecule has 2 unspecified atom stereocenters. The third kappa shape index (κ3) is 2.38. The molecule has 1 aliphatic carbocycles. The third-order valence-corrected chi connectivity index (χ3v) is 5.31. The number of hydrogen-bond acceptors (Lipinski definition) is 5. The van der Waals surface area contributed by atoms with E-state index < -0.39 is 17.3 Å². The van der Waals surface area contributed by atoms with Gasteiger partial charge in [-0.3, -0.25) is 0 Å². The first-order valence-corrected chi connectivity index (χ1v) is 8.09. The lowest BCUT2D eigenvalue weighted by atomic mass is 9.54. The highest BCUT2D eigenvalue weighted by Gasteiger charge is 2.58. The smallest absolute Gasteiger partial charge is 0.189 e. The molecule has 1 fully saturated rings. The Balaban J connectivity index is 2.28. The van der Waals surface area contributed by atoms with Crippen molar-refractivity contribution in [3.8, 4) is 24.0 Å². The SMILES string of the molecule is C[NH+]1CC=C2C(C#N)C(=N)C(C#N)(C#N)[C@@H](c3cccc(O)c3)[C@@H]2C1. The minimum absolute atomic E-state index is 0.0539. The van der Waals surface area contributed by atoms with Crippen LogP contribution < -0.4 is 4.90 Å². The van der Waals surface area contributed by atoms with Gasteiger partial charge in [0.1, 0.15) is 11.7 Å². The molecule has 25 heavy (non-hydrogen) atoms. The number of nitrogens with zero attached hydrogens (tertiary/aromatic N) is 3. The zero-order chi connectivity index (χ0) is 18.2. The molecule has 0 spiro atoms. The molecule has 3 rings (SSSR count). The van der Waals surface area contributed by atoms with Crippen LogP contribution in [-0.2, 0) is 0 Å². The van der Waals surface area contributed by atoms with Crippen LogP contribution in [0.5, 0.6) is 5.75 Å². The predicted molar refractivity (Wildman–Crippen MR) is 89.5 cm³/mol. The van der Waals surface area contributed by atoms with E-state index in [9.17, 15) is 20.9 Å². The minimum atomic E-state index is -1.71. The summed E-state index contributed by atoms with van der Waals surface area (Å²) in [6.45, 7) is 1.42. The van der Waals surface area contributed by atoms with E-state index in [4.69, 9.17) is 5.41 Å². The first-order valence-electron chi connectivity index (χ1n) is 8.09. The molecule has 1 aliphatic heterocycles. The van der Waals surface area contributed by atoms with Gasteiger partial charge in [-0.2, -0.15) is 15.8 Å². The monoisotopic (exact) mass is 332 g/mol. The average molecular weight is 332 g/mol. The fourth-order valence-electron chi connectivity index (χ4n) is 4.15. The van der Waals surface area contributed by atoms with Crippen molar-refractivity contribution in [2.24, 2.45) is 17.3 Å². The molecule has 1 heterocycles. The van der Waals surface area contributed by atoms with Gasteiger partial charge in [0.05, 0.1) is 44.1 Å². The largest absolute Gasteiger partial charge is 0.508 e. The number of nitrogens with one attached hydrogen (secondary N) is 2. The van der Waals surface area contributed by atoms with Crippen LogP contribution in [0.25, 0.3) is 0 Å². The summed E-state index contributed by atoms with van der Waals surface area (Å²) in [6.07, 6.45) is 1.97. The summed E-state index contributed by atoms with van der Waals surface area (Å²) < 4.78 is 0. The number of aromatic hydroxyl groups is 1. The number of rotatable bonds is 1. The molecule has 6 heteroatoms. The van der Waals surface area contributed by atoms with Crippen molar-refractivity contribution in [1.82, 2.24) is 0 Å². The van der Waals surface area contributed by atoms with Crippen LogP contribution >= 0.6 is 0 Å². The van der Waals surface area contributed by atoms with Crippen LogP contribution in [0.4, 0.5) is 0 Å². The zero-order valence-electron chi connectivity index (χ0n) is 13.8. The van der Waals surface area contributed by atoms with E-state index in [0.717, 1.165) is 12.1 Å². The number of fused-ring (bicyclic) bond motifs is 1. The van der Waals surface area contributed by atoms with Gasteiger partial charge in [0.25, 0.3) is 0 Å². The lowest BCUT2D eigenvalue weighted by Crippen LogP contribution is -3.10. The van der Waals surface area contributed by atoms with Crippen LogP contribution in [0.1, 0.15) is 11.5 Å². The Morgan fingerprint density at radius 3 is 2.60 bits per heavy atom. The van der Waals surface area contributed by atoms with E-state index in [-0.39, 0.29) is 17.4 Å². The van der Waals surface area contributed by atoms with Gasteiger partial charge in [-0.05, 0) is 29.3 Å². The topological polar surface area (TPSA) is 120 Å². The summed E-state index contributed by atoms with van der Waals surface area (Å²) in [5, 5.41) is 47.7. The van der Waals surface area contributed by atoms with Crippen molar-refractivity contribution in [2.45, 2.75) is 5.92 Å². The lowest BCUT2D eigenvalue weighted by Gasteiger charge is -2.45. The van der Waals surface area contributed by atoms with Crippen molar-refractivity contribution in [2.75, 3.05) is 20.1 Å². The van der Waals surface area contributed by atoms with Gasteiger partial charge in [-0.1, -0.05) is 12.1 Å². The summed E-state index contributed by atoms with van der Waals surface area (Å²) in [7, 11) is 2.02. The quantitative estimate of drug-likeness (QED) is 0.657. The van der Waals surface area contributed by atoms with Crippen LogP contribution in [-0.4, -0.2) is 31.0 Å².